The van der Waals surface area contributed by atoms with Crippen LogP contribution < -0.4 is 10.2 Å². The summed E-state index contributed by atoms with van der Waals surface area (Å²) in [7, 11) is 3.76. The quantitative estimate of drug-likeness (QED) is 0.746. The fourth-order valence-electron chi connectivity index (χ4n) is 2.90. The molecule has 0 saturated carbocycles. The van der Waals surface area contributed by atoms with Crippen molar-refractivity contribution in [1.82, 2.24) is 19.7 Å². The van der Waals surface area contributed by atoms with E-state index in [2.05, 4.69) is 15.4 Å². The number of fused-ring (bicyclic) bond motifs is 1. The lowest BCUT2D eigenvalue weighted by molar-refractivity contribution is -0.107. The topological polar surface area (TPSA) is 66.3 Å². The lowest BCUT2D eigenvalue weighted by Gasteiger charge is -2.38. The van der Waals surface area contributed by atoms with Gasteiger partial charge in [0, 0.05) is 31.4 Å². The number of likely N-dealkylation sites (tertiary alicyclic amines) is 1. The summed E-state index contributed by atoms with van der Waals surface area (Å²) in [5.41, 5.74) is 1.70. The highest BCUT2D eigenvalue weighted by Gasteiger charge is 2.46. The molecular formula is C18H17F3N6O. The second kappa shape index (κ2) is 6.39. The van der Waals surface area contributed by atoms with E-state index in [0.29, 0.717) is 5.65 Å². The number of aromatic nitrogens is 3. The molecule has 2 amide bonds. The van der Waals surface area contributed by atoms with Gasteiger partial charge in [0.15, 0.2) is 5.65 Å². The second-order valence-corrected chi connectivity index (χ2v) is 6.88. The number of carbonyl (C=O) groups excluding carboxylic acids is 1. The van der Waals surface area contributed by atoms with Gasteiger partial charge in [0.05, 0.1) is 25.0 Å². The molecule has 7 nitrogen and oxygen atoms in total. The van der Waals surface area contributed by atoms with E-state index < -0.39 is 30.9 Å². The molecular weight excluding hydrogens is 373 g/mol. The van der Waals surface area contributed by atoms with Gasteiger partial charge in [-0.2, -0.15) is 0 Å². The number of pyridine rings is 1. The number of hydrogen-bond donors (Lipinski definition) is 1. The number of anilines is 2. The van der Waals surface area contributed by atoms with E-state index >= 15 is 0 Å². The van der Waals surface area contributed by atoms with Gasteiger partial charge < -0.3 is 15.1 Å². The highest BCUT2D eigenvalue weighted by Crippen LogP contribution is 2.28. The van der Waals surface area contributed by atoms with Crippen molar-refractivity contribution in [3.05, 3.63) is 42.5 Å². The third-order valence-electron chi connectivity index (χ3n) is 4.44. The summed E-state index contributed by atoms with van der Waals surface area (Å²) in [5, 5.41) is 7.50. The van der Waals surface area contributed by atoms with Crippen LogP contribution in [0.25, 0.3) is 16.7 Å². The van der Waals surface area contributed by atoms with Gasteiger partial charge in [0.25, 0.3) is 5.92 Å². The number of rotatable bonds is 3. The van der Waals surface area contributed by atoms with Crippen LogP contribution in [0.5, 0.6) is 0 Å². The molecule has 0 unspecified atom stereocenters. The first-order valence-electron chi connectivity index (χ1n) is 8.48. The normalized spacial score (nSPS) is 15.4. The maximum absolute atomic E-state index is 14.4. The van der Waals surface area contributed by atoms with Crippen LogP contribution in [0.2, 0.25) is 0 Å². The van der Waals surface area contributed by atoms with Gasteiger partial charge >= 0.3 is 6.03 Å². The van der Waals surface area contributed by atoms with Crippen LogP contribution in [0, 0.1) is 5.82 Å². The fraction of sp³-hybridized carbons (Fsp3) is 0.278. The summed E-state index contributed by atoms with van der Waals surface area (Å²) in [6.45, 7) is -1.26. The Morgan fingerprint density at radius 1 is 1.25 bits per heavy atom. The minimum absolute atomic E-state index is 0.108. The number of urea groups is 1. The first kappa shape index (κ1) is 18.1. The molecule has 0 spiro atoms. The monoisotopic (exact) mass is 390 g/mol. The largest absolute Gasteiger partial charge is 0.376 e. The van der Waals surface area contributed by atoms with E-state index in [0.717, 1.165) is 16.0 Å². The third-order valence-corrected chi connectivity index (χ3v) is 4.44. The van der Waals surface area contributed by atoms with Crippen molar-refractivity contribution in [2.45, 2.75) is 5.92 Å². The zero-order valence-corrected chi connectivity index (χ0v) is 15.2. The van der Waals surface area contributed by atoms with E-state index in [1.165, 1.54) is 22.9 Å². The fourth-order valence-corrected chi connectivity index (χ4v) is 2.90. The van der Waals surface area contributed by atoms with Gasteiger partial charge in [0.1, 0.15) is 11.5 Å². The van der Waals surface area contributed by atoms with Crippen molar-refractivity contribution in [2.75, 3.05) is 37.4 Å². The Balaban J connectivity index is 1.60. The molecule has 10 heteroatoms. The maximum atomic E-state index is 14.4. The first-order chi connectivity index (χ1) is 13.2. The number of alkyl halides is 2. The SMILES string of the molecule is CN(C)c1cnc2nn(-c3cc(NC(=O)N4CC(F)(F)C4)ccc3F)cc2c1. The molecule has 1 aromatic carbocycles. The predicted molar refractivity (Wildman–Crippen MR) is 98.7 cm³/mol. The summed E-state index contributed by atoms with van der Waals surface area (Å²) < 4.78 is 41.5. The molecule has 2 aromatic heterocycles. The van der Waals surface area contributed by atoms with E-state index in [9.17, 15) is 18.0 Å². The van der Waals surface area contributed by atoms with Crippen LogP contribution in [0.15, 0.2) is 36.7 Å². The molecule has 3 aromatic rings. The standard InChI is InChI=1S/C18H17F3N6O/c1-25(2)13-5-11-8-27(24-16(11)22-7-13)15-6-12(3-4-14(15)19)23-17(28)26-9-18(20,21)10-26/h3-8H,9-10H2,1-2H3,(H,23,28). The third kappa shape index (κ3) is 3.32. The molecule has 146 valence electrons. The Labute approximate surface area is 158 Å². The van der Waals surface area contributed by atoms with Crippen molar-refractivity contribution in [3.63, 3.8) is 0 Å². The van der Waals surface area contributed by atoms with Crippen LogP contribution in [0.3, 0.4) is 0 Å². The van der Waals surface area contributed by atoms with Crippen molar-refractivity contribution < 1.29 is 18.0 Å². The lowest BCUT2D eigenvalue weighted by Crippen LogP contribution is -2.59. The minimum Gasteiger partial charge on any atom is -0.376 e. The van der Waals surface area contributed by atoms with Gasteiger partial charge in [-0.15, -0.1) is 5.10 Å². The predicted octanol–water partition coefficient (Wildman–Crippen LogP) is 3.11. The average Bonchev–Trinajstić information content (AvgIpc) is 3.04. The number of hydrogen-bond acceptors (Lipinski definition) is 4. The molecule has 0 atom stereocenters. The zero-order valence-electron chi connectivity index (χ0n) is 15.2. The Morgan fingerprint density at radius 3 is 2.68 bits per heavy atom. The first-order valence-corrected chi connectivity index (χ1v) is 8.48. The maximum Gasteiger partial charge on any atom is 0.322 e. The number of nitrogens with zero attached hydrogens (tertiary/aromatic N) is 5. The van der Waals surface area contributed by atoms with Crippen molar-refractivity contribution >= 4 is 28.4 Å². The minimum atomic E-state index is -2.85. The van der Waals surface area contributed by atoms with E-state index in [1.54, 1.807) is 12.4 Å². The van der Waals surface area contributed by atoms with Crippen LogP contribution >= 0.6 is 0 Å². The number of halogens is 3. The molecule has 1 fully saturated rings. The molecule has 4 rings (SSSR count). The second-order valence-electron chi connectivity index (χ2n) is 6.88. The molecule has 1 aliphatic rings. The van der Waals surface area contributed by atoms with Gasteiger partial charge in [-0.25, -0.2) is 27.6 Å². The number of nitrogens with one attached hydrogen (secondary N) is 1. The molecule has 0 radical (unpaired) electrons. The molecule has 1 aliphatic heterocycles. The van der Waals surface area contributed by atoms with Crippen LogP contribution in [-0.2, 0) is 0 Å². The highest BCUT2D eigenvalue weighted by atomic mass is 19.3. The van der Waals surface area contributed by atoms with Crippen LogP contribution in [0.1, 0.15) is 0 Å². The highest BCUT2D eigenvalue weighted by molar-refractivity contribution is 5.90. The van der Waals surface area contributed by atoms with Gasteiger partial charge in [0.2, 0.25) is 0 Å². The van der Waals surface area contributed by atoms with E-state index in [-0.39, 0.29) is 11.4 Å². The van der Waals surface area contributed by atoms with Crippen LogP contribution in [0.4, 0.5) is 29.3 Å². The average molecular weight is 390 g/mol. The smallest absolute Gasteiger partial charge is 0.322 e. The Morgan fingerprint density at radius 2 is 2.00 bits per heavy atom. The van der Waals surface area contributed by atoms with Gasteiger partial charge in [-0.05, 0) is 24.3 Å². The van der Waals surface area contributed by atoms with Crippen molar-refractivity contribution in [1.29, 1.82) is 0 Å². The summed E-state index contributed by atoms with van der Waals surface area (Å²) in [6, 6.07) is 5.15. The van der Waals surface area contributed by atoms with Gasteiger partial charge in [-0.3, -0.25) is 0 Å². The van der Waals surface area contributed by atoms with Crippen molar-refractivity contribution in [3.8, 4) is 5.69 Å². The van der Waals surface area contributed by atoms with E-state index in [1.807, 2.05) is 25.1 Å². The summed E-state index contributed by atoms with van der Waals surface area (Å²) in [5.74, 6) is -3.40. The number of carbonyl (C=O) groups is 1. The Hall–Kier alpha value is -3.30. The summed E-state index contributed by atoms with van der Waals surface area (Å²) in [6.07, 6.45) is 3.30. The summed E-state index contributed by atoms with van der Waals surface area (Å²) >= 11 is 0. The molecule has 0 bridgehead atoms. The number of amides is 2. The molecule has 0 aliphatic carbocycles. The van der Waals surface area contributed by atoms with Gasteiger partial charge in [-0.1, -0.05) is 0 Å². The molecule has 1 saturated heterocycles. The van der Waals surface area contributed by atoms with Crippen molar-refractivity contribution in [2.24, 2.45) is 0 Å². The molecule has 1 N–H and O–H groups in total. The molecule has 28 heavy (non-hydrogen) atoms. The Bertz CT molecular complexity index is 1060. The zero-order chi connectivity index (χ0) is 20.1. The number of benzene rings is 1. The molecule has 3 heterocycles. The van der Waals surface area contributed by atoms with Crippen LogP contribution in [-0.4, -0.2) is 58.8 Å². The summed E-state index contributed by atoms with van der Waals surface area (Å²) in [4.78, 5) is 19.1. The Kier molecular flexibility index (Phi) is 4.13. The van der Waals surface area contributed by atoms with E-state index in [4.69, 9.17) is 0 Å². The lowest BCUT2D eigenvalue weighted by atomic mass is 10.1.